The second kappa shape index (κ2) is 7.53. The molecule has 0 spiro atoms. The number of nitrogens with zero attached hydrogens (tertiary/aromatic N) is 2. The smallest absolute Gasteiger partial charge is 0.274 e. The van der Waals surface area contributed by atoms with Crippen LogP contribution in [0.2, 0.25) is 0 Å². The van der Waals surface area contributed by atoms with Crippen molar-refractivity contribution in [3.63, 3.8) is 0 Å². The van der Waals surface area contributed by atoms with Crippen LogP contribution in [-0.2, 0) is 27.1 Å². The van der Waals surface area contributed by atoms with Gasteiger partial charge in [0.05, 0.1) is 26.2 Å². The van der Waals surface area contributed by atoms with Crippen molar-refractivity contribution in [1.29, 1.82) is 0 Å². The predicted molar refractivity (Wildman–Crippen MR) is 90.4 cm³/mol. The Labute approximate surface area is 147 Å². The molecule has 1 aliphatic carbocycles. The van der Waals surface area contributed by atoms with Gasteiger partial charge in [0.1, 0.15) is 5.60 Å². The second-order valence-corrected chi connectivity index (χ2v) is 6.78. The molecule has 2 amide bonds. The number of carbonyl (C=O) groups is 2. The van der Waals surface area contributed by atoms with E-state index in [-0.39, 0.29) is 24.8 Å². The average molecular weight is 350 g/mol. The summed E-state index contributed by atoms with van der Waals surface area (Å²) in [4.78, 5) is 26.6. The zero-order valence-corrected chi connectivity index (χ0v) is 14.9. The molecule has 25 heavy (non-hydrogen) atoms. The Morgan fingerprint density at radius 1 is 1.40 bits per heavy atom. The molecule has 2 heterocycles. The molecule has 1 saturated heterocycles. The van der Waals surface area contributed by atoms with E-state index < -0.39 is 5.60 Å². The Morgan fingerprint density at radius 3 is 2.96 bits per heavy atom. The summed E-state index contributed by atoms with van der Waals surface area (Å²) in [5.74, 6) is -0.233. The zero-order chi connectivity index (χ0) is 17.9. The van der Waals surface area contributed by atoms with E-state index >= 15 is 0 Å². The molecule has 2 aliphatic rings. The molecular weight excluding hydrogens is 324 g/mol. The number of nitrogens with one attached hydrogen (secondary N) is 2. The molecule has 1 unspecified atom stereocenters. The first-order chi connectivity index (χ1) is 12.1. The van der Waals surface area contributed by atoms with E-state index in [2.05, 4.69) is 15.5 Å². The maximum Gasteiger partial charge on any atom is 0.274 e. The Bertz CT molecular complexity index is 641. The summed E-state index contributed by atoms with van der Waals surface area (Å²) in [6.45, 7) is 1.43. The lowest BCUT2D eigenvalue weighted by molar-refractivity contribution is -0.150. The van der Waals surface area contributed by atoms with Crippen LogP contribution in [0.5, 0.6) is 0 Å². The molecule has 0 saturated carbocycles. The molecule has 0 aromatic carbocycles. The van der Waals surface area contributed by atoms with Crippen LogP contribution < -0.4 is 5.32 Å². The molecule has 1 fully saturated rings. The minimum absolute atomic E-state index is 0.0971. The first kappa shape index (κ1) is 17.9. The molecule has 1 aromatic rings. The molecule has 0 radical (unpaired) electrons. The summed E-state index contributed by atoms with van der Waals surface area (Å²) < 4.78 is 11.2. The highest BCUT2D eigenvalue weighted by Gasteiger charge is 2.41. The first-order valence-electron chi connectivity index (χ1n) is 8.77. The molecule has 1 aliphatic heterocycles. The molecule has 0 bridgehead atoms. The van der Waals surface area contributed by atoms with E-state index in [1.54, 1.807) is 19.1 Å². The van der Waals surface area contributed by atoms with Crippen LogP contribution in [0.4, 0.5) is 0 Å². The number of H-pyrrole nitrogens is 1. The van der Waals surface area contributed by atoms with Gasteiger partial charge in [-0.25, -0.2) is 0 Å². The number of methoxy groups -OCH3 is 1. The Balaban J connectivity index is 1.78. The quantitative estimate of drug-likeness (QED) is 0.795. The van der Waals surface area contributed by atoms with E-state index in [0.29, 0.717) is 25.4 Å². The summed E-state index contributed by atoms with van der Waals surface area (Å²) >= 11 is 0. The van der Waals surface area contributed by atoms with Gasteiger partial charge in [-0.1, -0.05) is 0 Å². The van der Waals surface area contributed by atoms with Crippen LogP contribution in [0.1, 0.15) is 41.0 Å². The van der Waals surface area contributed by atoms with Crippen LogP contribution in [0.25, 0.3) is 0 Å². The van der Waals surface area contributed by atoms with Gasteiger partial charge in [-0.3, -0.25) is 14.7 Å². The summed E-state index contributed by atoms with van der Waals surface area (Å²) in [6, 6.07) is 0. The fourth-order valence-corrected chi connectivity index (χ4v) is 3.72. The van der Waals surface area contributed by atoms with Crippen molar-refractivity contribution in [3.05, 3.63) is 17.0 Å². The number of aryl methyl sites for hydroxylation is 1. The van der Waals surface area contributed by atoms with E-state index in [1.165, 1.54) is 0 Å². The van der Waals surface area contributed by atoms with Gasteiger partial charge in [0.2, 0.25) is 5.91 Å². The van der Waals surface area contributed by atoms with Crippen molar-refractivity contribution >= 4 is 11.8 Å². The molecular formula is C17H26N4O4. The van der Waals surface area contributed by atoms with Gasteiger partial charge in [-0.05, 0) is 25.7 Å². The number of hydrogen-bond donors (Lipinski definition) is 2. The molecule has 3 rings (SSSR count). The van der Waals surface area contributed by atoms with Crippen molar-refractivity contribution in [2.75, 3.05) is 40.5 Å². The lowest BCUT2D eigenvalue weighted by Gasteiger charge is -2.41. The number of amides is 2. The summed E-state index contributed by atoms with van der Waals surface area (Å²) in [5, 5.41) is 9.90. The highest BCUT2D eigenvalue weighted by Crippen LogP contribution is 2.27. The second-order valence-electron chi connectivity index (χ2n) is 6.78. The largest absolute Gasteiger partial charge is 0.382 e. The Morgan fingerprint density at radius 2 is 2.20 bits per heavy atom. The third kappa shape index (κ3) is 3.69. The van der Waals surface area contributed by atoms with Gasteiger partial charge >= 0.3 is 0 Å². The number of aromatic nitrogens is 2. The topological polar surface area (TPSA) is 96.5 Å². The number of ether oxygens (including phenoxy) is 2. The lowest BCUT2D eigenvalue weighted by atomic mass is 9.94. The van der Waals surface area contributed by atoms with E-state index in [9.17, 15) is 9.59 Å². The SMILES string of the molecule is CNC(=O)CC1(COC)CN(C(=O)c2n[nH]c3c2CCCC3)CCO1. The van der Waals surface area contributed by atoms with Crippen molar-refractivity contribution < 1.29 is 19.1 Å². The maximum atomic E-state index is 13.0. The lowest BCUT2D eigenvalue weighted by Crippen LogP contribution is -2.57. The van der Waals surface area contributed by atoms with Gasteiger partial charge in [-0.15, -0.1) is 0 Å². The monoisotopic (exact) mass is 350 g/mol. The zero-order valence-electron chi connectivity index (χ0n) is 14.9. The third-order valence-corrected chi connectivity index (χ3v) is 4.96. The number of aromatic amines is 1. The Hall–Kier alpha value is -1.93. The van der Waals surface area contributed by atoms with Crippen molar-refractivity contribution in [2.45, 2.75) is 37.7 Å². The third-order valence-electron chi connectivity index (χ3n) is 4.96. The summed E-state index contributed by atoms with van der Waals surface area (Å²) in [7, 11) is 3.16. The molecule has 8 heteroatoms. The van der Waals surface area contributed by atoms with Crippen LogP contribution in [0, 0.1) is 0 Å². The van der Waals surface area contributed by atoms with Gasteiger partial charge in [-0.2, -0.15) is 5.10 Å². The maximum absolute atomic E-state index is 13.0. The molecule has 1 aromatic heterocycles. The van der Waals surface area contributed by atoms with E-state index in [0.717, 1.165) is 36.9 Å². The highest BCUT2D eigenvalue weighted by atomic mass is 16.5. The number of rotatable bonds is 5. The normalized spacial score (nSPS) is 23.2. The summed E-state index contributed by atoms with van der Waals surface area (Å²) in [5.41, 5.74) is 1.82. The van der Waals surface area contributed by atoms with Crippen LogP contribution in [0.15, 0.2) is 0 Å². The Kier molecular flexibility index (Phi) is 5.39. The number of morpholine rings is 1. The molecule has 8 nitrogen and oxygen atoms in total. The van der Waals surface area contributed by atoms with Gasteiger partial charge in [0.25, 0.3) is 5.91 Å². The van der Waals surface area contributed by atoms with Crippen LogP contribution >= 0.6 is 0 Å². The predicted octanol–water partition coefficient (Wildman–Crippen LogP) is 0.282. The van der Waals surface area contributed by atoms with E-state index in [4.69, 9.17) is 9.47 Å². The highest BCUT2D eigenvalue weighted by molar-refractivity contribution is 5.94. The van der Waals surface area contributed by atoms with Crippen molar-refractivity contribution in [2.24, 2.45) is 0 Å². The molecule has 2 N–H and O–H groups in total. The van der Waals surface area contributed by atoms with Gasteiger partial charge in [0.15, 0.2) is 5.69 Å². The van der Waals surface area contributed by atoms with Crippen molar-refractivity contribution in [3.8, 4) is 0 Å². The van der Waals surface area contributed by atoms with Crippen LogP contribution in [-0.4, -0.2) is 73.0 Å². The number of fused-ring (bicyclic) bond motifs is 1. The molecule has 138 valence electrons. The number of hydrogen-bond acceptors (Lipinski definition) is 5. The van der Waals surface area contributed by atoms with Gasteiger partial charge in [0, 0.05) is 32.0 Å². The van der Waals surface area contributed by atoms with E-state index in [1.807, 2.05) is 0 Å². The average Bonchev–Trinajstić information content (AvgIpc) is 3.05. The fourth-order valence-electron chi connectivity index (χ4n) is 3.72. The molecule has 1 atom stereocenters. The number of carbonyl (C=O) groups excluding carboxylic acids is 2. The van der Waals surface area contributed by atoms with Gasteiger partial charge < -0.3 is 19.7 Å². The van der Waals surface area contributed by atoms with Crippen LogP contribution in [0.3, 0.4) is 0 Å². The minimum atomic E-state index is -0.820. The summed E-state index contributed by atoms with van der Waals surface area (Å²) in [6.07, 6.45) is 4.20. The fraction of sp³-hybridized carbons (Fsp3) is 0.706. The first-order valence-corrected chi connectivity index (χ1v) is 8.77. The minimum Gasteiger partial charge on any atom is -0.382 e. The standard InChI is InChI=1S/C17H26N4O4/c1-18-14(22)9-17(11-24-2)10-21(7-8-25-17)16(23)15-12-5-3-4-6-13(12)19-20-15/h3-11H2,1-2H3,(H,18,22)(H,19,20). The van der Waals surface area contributed by atoms with Crippen molar-refractivity contribution in [1.82, 2.24) is 20.4 Å².